The van der Waals surface area contributed by atoms with E-state index in [-0.39, 0.29) is 5.75 Å². The highest BCUT2D eigenvalue weighted by molar-refractivity contribution is 7.17. The smallest absolute Gasteiger partial charge is 0.406 e. The number of amides is 1. The van der Waals surface area contributed by atoms with E-state index < -0.39 is 12.5 Å². The monoisotopic (exact) mass is 503 g/mol. The number of benzene rings is 1. The van der Waals surface area contributed by atoms with Gasteiger partial charge in [-0.2, -0.15) is 5.10 Å². The van der Waals surface area contributed by atoms with Crippen molar-refractivity contribution in [3.8, 4) is 21.5 Å². The fraction of sp³-hybridized carbons (Fsp3) is 0.217. The molecule has 0 aliphatic rings. The van der Waals surface area contributed by atoms with Crippen molar-refractivity contribution in [2.45, 2.75) is 32.8 Å². The molecule has 8 nitrogen and oxygen atoms in total. The lowest BCUT2D eigenvalue weighted by molar-refractivity contribution is -0.274. The molecule has 0 unspecified atom stereocenters. The molecule has 0 aliphatic heterocycles. The fourth-order valence-corrected chi connectivity index (χ4v) is 3.97. The van der Waals surface area contributed by atoms with Crippen molar-refractivity contribution < 1.29 is 27.4 Å². The number of hydrogen-bond acceptors (Lipinski definition) is 7. The van der Waals surface area contributed by atoms with E-state index in [1.165, 1.54) is 23.5 Å². The molecule has 12 heteroatoms. The van der Waals surface area contributed by atoms with Gasteiger partial charge in [-0.3, -0.25) is 9.67 Å². The Morgan fingerprint density at radius 3 is 2.66 bits per heavy atom. The van der Waals surface area contributed by atoms with Crippen LogP contribution in [0.3, 0.4) is 0 Å². The Labute approximate surface area is 202 Å². The summed E-state index contributed by atoms with van der Waals surface area (Å²) in [4.78, 5) is 20.6. The second kappa shape index (κ2) is 10.6. The second-order valence-electron chi connectivity index (χ2n) is 7.40. The van der Waals surface area contributed by atoms with Crippen LogP contribution >= 0.6 is 11.3 Å². The highest BCUT2D eigenvalue weighted by Crippen LogP contribution is 2.33. The topological polar surface area (TPSA) is 91.2 Å². The van der Waals surface area contributed by atoms with Crippen molar-refractivity contribution >= 4 is 17.4 Å². The van der Waals surface area contributed by atoms with Gasteiger partial charge in [-0.25, -0.2) is 9.78 Å². The molecule has 0 saturated carbocycles. The third-order valence-electron chi connectivity index (χ3n) is 4.75. The van der Waals surface area contributed by atoms with Crippen LogP contribution in [-0.4, -0.2) is 32.2 Å². The number of ether oxygens (including phenoxy) is 2. The van der Waals surface area contributed by atoms with Crippen LogP contribution in [0.25, 0.3) is 10.7 Å². The number of carbonyl (C=O) groups excluding carboxylic acids is 1. The van der Waals surface area contributed by atoms with E-state index in [1.54, 1.807) is 54.5 Å². The number of rotatable bonds is 8. The third-order valence-corrected chi connectivity index (χ3v) is 5.80. The Morgan fingerprint density at radius 1 is 1.14 bits per heavy atom. The average Bonchev–Trinajstić information content (AvgIpc) is 3.44. The maximum absolute atomic E-state index is 12.3. The van der Waals surface area contributed by atoms with Gasteiger partial charge in [0.25, 0.3) is 0 Å². The predicted molar refractivity (Wildman–Crippen MR) is 122 cm³/mol. The van der Waals surface area contributed by atoms with Gasteiger partial charge in [0.05, 0.1) is 5.69 Å². The molecule has 35 heavy (non-hydrogen) atoms. The summed E-state index contributed by atoms with van der Waals surface area (Å²) in [5.74, 6) is -0.259. The van der Waals surface area contributed by atoms with Gasteiger partial charge in [0, 0.05) is 31.7 Å². The summed E-state index contributed by atoms with van der Waals surface area (Å²) in [5, 5.41) is 8.14. The predicted octanol–water partition coefficient (Wildman–Crippen LogP) is 5.14. The molecule has 182 valence electrons. The lowest BCUT2D eigenvalue weighted by atomic mass is 10.1. The quantitative estimate of drug-likeness (QED) is 0.358. The number of aryl methyl sites for hydroxylation is 3. The Hall–Kier alpha value is -3.93. The van der Waals surface area contributed by atoms with Crippen LogP contribution in [0.2, 0.25) is 0 Å². The van der Waals surface area contributed by atoms with E-state index in [4.69, 9.17) is 4.74 Å². The van der Waals surface area contributed by atoms with Gasteiger partial charge in [0.2, 0.25) is 5.06 Å². The van der Waals surface area contributed by atoms with Crippen LogP contribution in [0.15, 0.2) is 61.1 Å². The molecule has 0 spiro atoms. The molecule has 4 rings (SSSR count). The third kappa shape index (κ3) is 7.03. The van der Waals surface area contributed by atoms with Gasteiger partial charge in [0.15, 0.2) is 0 Å². The summed E-state index contributed by atoms with van der Waals surface area (Å²) in [5.41, 5.74) is 2.88. The number of carbonyl (C=O) groups is 1. The van der Waals surface area contributed by atoms with E-state index in [9.17, 15) is 18.0 Å². The SMILES string of the molecule is Cc1nc(-c2ccn(CCc3ccc(OC(F)(F)F)cc3)n2)sc1OC(=O)NCc1cccnc1. The molecule has 0 fully saturated rings. The van der Waals surface area contributed by atoms with Gasteiger partial charge in [-0.1, -0.05) is 29.5 Å². The number of halogens is 3. The van der Waals surface area contributed by atoms with Crippen molar-refractivity contribution in [1.82, 2.24) is 25.1 Å². The van der Waals surface area contributed by atoms with E-state index in [1.807, 2.05) is 6.07 Å². The number of pyridine rings is 1. The number of alkyl halides is 3. The Balaban J connectivity index is 1.31. The van der Waals surface area contributed by atoms with Crippen LogP contribution in [0.1, 0.15) is 16.8 Å². The van der Waals surface area contributed by atoms with Crippen molar-refractivity contribution in [3.63, 3.8) is 0 Å². The molecule has 1 aromatic carbocycles. The van der Waals surface area contributed by atoms with Gasteiger partial charge < -0.3 is 14.8 Å². The van der Waals surface area contributed by atoms with Crippen LogP contribution in [-0.2, 0) is 19.5 Å². The summed E-state index contributed by atoms with van der Waals surface area (Å²) >= 11 is 1.21. The molecule has 1 amide bonds. The first-order chi connectivity index (χ1) is 16.7. The Morgan fingerprint density at radius 2 is 1.94 bits per heavy atom. The second-order valence-corrected chi connectivity index (χ2v) is 8.36. The van der Waals surface area contributed by atoms with Crippen LogP contribution < -0.4 is 14.8 Å². The Bertz CT molecular complexity index is 1270. The number of hydrogen-bond donors (Lipinski definition) is 1. The molecular formula is C23H20F3N5O3S. The summed E-state index contributed by atoms with van der Waals surface area (Å²) in [7, 11) is 0. The largest absolute Gasteiger partial charge is 0.573 e. The lowest BCUT2D eigenvalue weighted by Gasteiger charge is -2.09. The minimum atomic E-state index is -4.71. The fourth-order valence-electron chi connectivity index (χ4n) is 3.09. The van der Waals surface area contributed by atoms with E-state index in [2.05, 4.69) is 25.1 Å². The van der Waals surface area contributed by atoms with Crippen molar-refractivity contribution in [3.05, 3.63) is 77.9 Å². The average molecular weight is 504 g/mol. The number of nitrogens with zero attached hydrogens (tertiary/aromatic N) is 4. The first-order valence-electron chi connectivity index (χ1n) is 10.5. The minimum absolute atomic E-state index is 0.259. The first-order valence-corrected chi connectivity index (χ1v) is 11.3. The molecule has 1 N–H and O–H groups in total. The molecule has 0 atom stereocenters. The van der Waals surface area contributed by atoms with Crippen molar-refractivity contribution in [2.75, 3.05) is 0 Å². The summed E-state index contributed by atoms with van der Waals surface area (Å²) in [6.07, 6.45) is 0.355. The summed E-state index contributed by atoms with van der Waals surface area (Å²) in [6, 6.07) is 11.2. The van der Waals surface area contributed by atoms with Crippen LogP contribution in [0.4, 0.5) is 18.0 Å². The number of thiazole rings is 1. The zero-order valence-electron chi connectivity index (χ0n) is 18.5. The normalized spacial score (nSPS) is 11.3. The molecule has 0 aliphatic carbocycles. The number of nitrogens with one attached hydrogen (secondary N) is 1. The van der Waals surface area contributed by atoms with Crippen LogP contribution in [0.5, 0.6) is 10.8 Å². The minimum Gasteiger partial charge on any atom is -0.406 e. The molecule has 0 bridgehead atoms. The lowest BCUT2D eigenvalue weighted by Crippen LogP contribution is -2.26. The van der Waals surface area contributed by atoms with Crippen LogP contribution in [0, 0.1) is 6.92 Å². The van der Waals surface area contributed by atoms with Gasteiger partial charge >= 0.3 is 12.5 Å². The maximum Gasteiger partial charge on any atom is 0.573 e. The highest BCUT2D eigenvalue weighted by atomic mass is 32.1. The van der Waals surface area contributed by atoms with Gasteiger partial charge in [0.1, 0.15) is 16.5 Å². The van der Waals surface area contributed by atoms with Crippen molar-refractivity contribution in [1.29, 1.82) is 0 Å². The van der Waals surface area contributed by atoms with E-state index in [0.29, 0.717) is 41.0 Å². The summed E-state index contributed by atoms with van der Waals surface area (Å²) in [6.45, 7) is 2.55. The molecule has 0 radical (unpaired) electrons. The Kier molecular flexibility index (Phi) is 7.30. The van der Waals surface area contributed by atoms with Gasteiger partial charge in [-0.15, -0.1) is 13.2 Å². The van der Waals surface area contributed by atoms with E-state index >= 15 is 0 Å². The van der Waals surface area contributed by atoms with E-state index in [0.717, 1.165) is 11.1 Å². The molecule has 4 aromatic rings. The first kappa shape index (κ1) is 24.2. The molecule has 3 heterocycles. The number of aromatic nitrogens is 4. The summed E-state index contributed by atoms with van der Waals surface area (Å²) < 4.78 is 47.8. The molecular weight excluding hydrogens is 483 g/mol. The molecule has 0 saturated heterocycles. The maximum atomic E-state index is 12.3. The zero-order chi connectivity index (χ0) is 24.8. The molecule has 3 aromatic heterocycles. The standard InChI is InChI=1S/C23H20F3N5O3S/c1-15-21(33-22(32)28-14-17-3-2-10-27-13-17)35-20(29-15)19-9-12-31(30-19)11-8-16-4-6-18(7-5-16)34-23(24,25)26/h2-7,9-10,12-13H,8,11,14H2,1H3,(H,28,32). The van der Waals surface area contributed by atoms with Crippen molar-refractivity contribution in [2.24, 2.45) is 0 Å². The zero-order valence-corrected chi connectivity index (χ0v) is 19.3. The van der Waals surface area contributed by atoms with Gasteiger partial charge in [-0.05, 0) is 48.7 Å². The highest BCUT2D eigenvalue weighted by Gasteiger charge is 2.30.